The lowest BCUT2D eigenvalue weighted by Gasteiger charge is -2.10. The second-order valence-corrected chi connectivity index (χ2v) is 5.00. The molecule has 1 atom stereocenters. The second-order valence-electron chi connectivity index (χ2n) is 3.90. The summed E-state index contributed by atoms with van der Waals surface area (Å²) in [6.07, 6.45) is 0.593. The van der Waals surface area contributed by atoms with Gasteiger partial charge in [0.05, 0.1) is 11.4 Å². The van der Waals surface area contributed by atoms with Crippen molar-refractivity contribution in [3.63, 3.8) is 0 Å². The number of aliphatic carboxylic acids is 1. The Morgan fingerprint density at radius 3 is 2.90 bits per heavy atom. The SMILES string of the molecule is Cc1cc(NC(=O)CSCCC(NC=O)C(=O)O)on1. The lowest BCUT2D eigenvalue weighted by atomic mass is 10.2. The summed E-state index contributed by atoms with van der Waals surface area (Å²) in [6.45, 7) is 1.74. The summed E-state index contributed by atoms with van der Waals surface area (Å²) in [6, 6.07) is 0.664. The molecule has 0 radical (unpaired) electrons. The van der Waals surface area contributed by atoms with Crippen molar-refractivity contribution in [2.45, 2.75) is 19.4 Å². The van der Waals surface area contributed by atoms with Crippen LogP contribution in [0, 0.1) is 6.92 Å². The predicted molar refractivity (Wildman–Crippen MR) is 72.4 cm³/mol. The molecule has 0 spiro atoms. The average molecular weight is 301 g/mol. The molecule has 8 nitrogen and oxygen atoms in total. The molecule has 1 heterocycles. The monoisotopic (exact) mass is 301 g/mol. The summed E-state index contributed by atoms with van der Waals surface area (Å²) < 4.78 is 4.83. The smallest absolute Gasteiger partial charge is 0.326 e. The third-order valence-electron chi connectivity index (χ3n) is 2.24. The third kappa shape index (κ3) is 5.74. The molecule has 0 aliphatic heterocycles. The zero-order valence-electron chi connectivity index (χ0n) is 10.8. The number of nitrogens with one attached hydrogen (secondary N) is 2. The number of carboxylic acids is 1. The van der Waals surface area contributed by atoms with Gasteiger partial charge in [-0.15, -0.1) is 0 Å². The molecule has 1 aromatic heterocycles. The van der Waals surface area contributed by atoms with Gasteiger partial charge in [0.2, 0.25) is 18.2 Å². The number of rotatable bonds is 9. The molecule has 0 aliphatic carbocycles. The van der Waals surface area contributed by atoms with E-state index in [-0.39, 0.29) is 24.0 Å². The van der Waals surface area contributed by atoms with Gasteiger partial charge in [-0.3, -0.25) is 14.9 Å². The van der Waals surface area contributed by atoms with Gasteiger partial charge in [0, 0.05) is 6.07 Å². The summed E-state index contributed by atoms with van der Waals surface area (Å²) in [4.78, 5) is 32.5. The van der Waals surface area contributed by atoms with Gasteiger partial charge in [-0.25, -0.2) is 4.79 Å². The first-order chi connectivity index (χ1) is 9.52. The van der Waals surface area contributed by atoms with E-state index in [9.17, 15) is 14.4 Å². The van der Waals surface area contributed by atoms with Gasteiger partial charge in [0.25, 0.3) is 0 Å². The number of aromatic nitrogens is 1. The number of carboxylic acid groups (broad SMARTS) is 1. The highest BCUT2D eigenvalue weighted by atomic mass is 32.2. The molecule has 0 bridgehead atoms. The van der Waals surface area contributed by atoms with Crippen LogP contribution in [0.15, 0.2) is 10.6 Å². The first-order valence-corrected chi connectivity index (χ1v) is 6.92. The van der Waals surface area contributed by atoms with Crippen LogP contribution in [0.1, 0.15) is 12.1 Å². The van der Waals surface area contributed by atoms with E-state index in [1.54, 1.807) is 13.0 Å². The molecule has 1 unspecified atom stereocenters. The van der Waals surface area contributed by atoms with E-state index in [0.29, 0.717) is 17.9 Å². The lowest BCUT2D eigenvalue weighted by molar-refractivity contribution is -0.140. The number of carbonyl (C=O) groups is 3. The zero-order valence-corrected chi connectivity index (χ0v) is 11.6. The summed E-state index contributed by atoms with van der Waals surface area (Å²) in [5, 5.41) is 17.1. The quantitative estimate of drug-likeness (QED) is 0.441. The summed E-state index contributed by atoms with van der Waals surface area (Å²) in [5.41, 5.74) is 0.664. The van der Waals surface area contributed by atoms with E-state index in [1.165, 1.54) is 11.8 Å². The molecule has 110 valence electrons. The fourth-order valence-corrected chi connectivity index (χ4v) is 2.13. The molecule has 9 heteroatoms. The van der Waals surface area contributed by atoms with Crippen LogP contribution in [0.25, 0.3) is 0 Å². The van der Waals surface area contributed by atoms with E-state index >= 15 is 0 Å². The van der Waals surface area contributed by atoms with Crippen molar-refractivity contribution in [3.05, 3.63) is 11.8 Å². The normalized spacial score (nSPS) is 11.7. The minimum Gasteiger partial charge on any atom is -0.480 e. The van der Waals surface area contributed by atoms with Crippen LogP contribution >= 0.6 is 11.8 Å². The predicted octanol–water partition coefficient (Wildman–Crippen LogP) is 0.244. The molecule has 0 aliphatic rings. The maximum atomic E-state index is 11.5. The largest absolute Gasteiger partial charge is 0.480 e. The molecule has 2 amide bonds. The maximum absolute atomic E-state index is 11.5. The summed E-state index contributed by atoms with van der Waals surface area (Å²) in [5.74, 6) is -0.492. The van der Waals surface area contributed by atoms with Crippen molar-refractivity contribution >= 4 is 35.9 Å². The highest BCUT2D eigenvalue weighted by Gasteiger charge is 2.15. The molecule has 0 saturated carbocycles. The number of anilines is 1. The van der Waals surface area contributed by atoms with Crippen LogP contribution < -0.4 is 10.6 Å². The number of hydrogen-bond acceptors (Lipinski definition) is 6. The third-order valence-corrected chi connectivity index (χ3v) is 3.23. The Kier molecular flexibility index (Phi) is 6.57. The van der Waals surface area contributed by atoms with Gasteiger partial charge in [0.1, 0.15) is 6.04 Å². The fourth-order valence-electron chi connectivity index (χ4n) is 1.32. The standard InChI is InChI=1S/C11H15N3O5S/c1-7-4-10(19-14-7)13-9(16)5-20-3-2-8(11(17)18)12-6-15/h4,6,8H,2-3,5H2,1H3,(H,12,15)(H,13,16)(H,17,18). The molecule has 0 fully saturated rings. The number of amides is 2. The fraction of sp³-hybridized carbons (Fsp3) is 0.455. The molecule has 1 rings (SSSR count). The summed E-state index contributed by atoms with van der Waals surface area (Å²) in [7, 11) is 0. The van der Waals surface area contributed by atoms with Crippen molar-refractivity contribution in [2.24, 2.45) is 0 Å². The van der Waals surface area contributed by atoms with Crippen LogP contribution in [-0.4, -0.2) is 46.1 Å². The molecule has 0 saturated heterocycles. The minimum atomic E-state index is -1.10. The zero-order chi connectivity index (χ0) is 15.0. The van der Waals surface area contributed by atoms with Crippen LogP contribution in [0.4, 0.5) is 5.88 Å². The lowest BCUT2D eigenvalue weighted by Crippen LogP contribution is -2.36. The number of carbonyl (C=O) groups excluding carboxylic acids is 2. The van der Waals surface area contributed by atoms with E-state index in [0.717, 1.165) is 0 Å². The highest BCUT2D eigenvalue weighted by molar-refractivity contribution is 7.99. The molecular weight excluding hydrogens is 286 g/mol. The Morgan fingerprint density at radius 2 is 2.35 bits per heavy atom. The minimum absolute atomic E-state index is 0.160. The number of nitrogens with zero attached hydrogens (tertiary/aromatic N) is 1. The van der Waals surface area contributed by atoms with Crippen molar-refractivity contribution < 1.29 is 24.0 Å². The number of thioether (sulfide) groups is 1. The van der Waals surface area contributed by atoms with E-state index in [2.05, 4.69) is 15.8 Å². The average Bonchev–Trinajstić information content (AvgIpc) is 2.78. The Morgan fingerprint density at radius 1 is 1.60 bits per heavy atom. The Hall–Kier alpha value is -2.03. The molecular formula is C11H15N3O5S. The van der Waals surface area contributed by atoms with Gasteiger partial charge in [-0.1, -0.05) is 5.16 Å². The maximum Gasteiger partial charge on any atom is 0.326 e. The summed E-state index contributed by atoms with van der Waals surface area (Å²) >= 11 is 1.27. The van der Waals surface area contributed by atoms with E-state index < -0.39 is 12.0 Å². The van der Waals surface area contributed by atoms with Crippen LogP contribution in [-0.2, 0) is 14.4 Å². The van der Waals surface area contributed by atoms with Crippen molar-refractivity contribution in [1.29, 1.82) is 0 Å². The van der Waals surface area contributed by atoms with E-state index in [1.807, 2.05) is 0 Å². The topological polar surface area (TPSA) is 122 Å². The van der Waals surface area contributed by atoms with Crippen LogP contribution in [0.5, 0.6) is 0 Å². The van der Waals surface area contributed by atoms with Gasteiger partial charge < -0.3 is 14.9 Å². The Balaban J connectivity index is 2.21. The van der Waals surface area contributed by atoms with Crippen molar-refractivity contribution in [1.82, 2.24) is 10.5 Å². The molecule has 20 heavy (non-hydrogen) atoms. The Labute approximate surface area is 119 Å². The van der Waals surface area contributed by atoms with Crippen LogP contribution in [0.3, 0.4) is 0 Å². The van der Waals surface area contributed by atoms with Gasteiger partial charge in [-0.2, -0.15) is 11.8 Å². The first kappa shape index (κ1) is 16.0. The van der Waals surface area contributed by atoms with Gasteiger partial charge in [0.15, 0.2) is 0 Å². The molecule has 0 aromatic carbocycles. The molecule has 1 aromatic rings. The second kappa shape index (κ2) is 8.20. The van der Waals surface area contributed by atoms with Gasteiger partial charge >= 0.3 is 5.97 Å². The van der Waals surface area contributed by atoms with Crippen molar-refractivity contribution in [2.75, 3.05) is 16.8 Å². The van der Waals surface area contributed by atoms with Crippen LogP contribution in [0.2, 0.25) is 0 Å². The molecule has 3 N–H and O–H groups in total. The van der Waals surface area contributed by atoms with Crippen molar-refractivity contribution in [3.8, 4) is 0 Å². The highest BCUT2D eigenvalue weighted by Crippen LogP contribution is 2.10. The van der Waals surface area contributed by atoms with Gasteiger partial charge in [-0.05, 0) is 19.1 Å². The first-order valence-electron chi connectivity index (χ1n) is 5.76. The Bertz CT molecular complexity index is 476. The number of hydrogen-bond donors (Lipinski definition) is 3. The van der Waals surface area contributed by atoms with E-state index in [4.69, 9.17) is 9.63 Å². The number of aryl methyl sites for hydroxylation is 1.